The van der Waals surface area contributed by atoms with Gasteiger partial charge in [0, 0.05) is 4.75 Å². The Labute approximate surface area is 141 Å². The Morgan fingerprint density at radius 3 is 2.18 bits per heavy atom. The van der Waals surface area contributed by atoms with E-state index in [0.29, 0.717) is 10.7 Å². The molecule has 1 heteroatoms. The van der Waals surface area contributed by atoms with Crippen molar-refractivity contribution in [2.24, 2.45) is 5.92 Å². The van der Waals surface area contributed by atoms with Gasteiger partial charge in [-0.15, -0.1) is 0 Å². The number of hydrogen-bond acceptors (Lipinski definition) is 0. The predicted molar refractivity (Wildman–Crippen MR) is 105 cm³/mol. The average Bonchev–Trinajstić information content (AvgIpc) is 2.51. The Kier molecular flexibility index (Phi) is 7.48. The highest BCUT2D eigenvalue weighted by Gasteiger charge is 2.32. The van der Waals surface area contributed by atoms with E-state index >= 15 is 0 Å². The third-order valence-corrected chi connectivity index (χ3v) is 8.22. The number of benzene rings is 1. The quantitative estimate of drug-likeness (QED) is 0.404. The predicted octanol–water partition coefficient (Wildman–Crippen LogP) is 7.05. The van der Waals surface area contributed by atoms with Crippen LogP contribution in [0.15, 0.2) is 52.3 Å². The van der Waals surface area contributed by atoms with E-state index in [2.05, 4.69) is 91.0 Å². The molecule has 0 fully saturated rings. The zero-order valence-corrected chi connectivity index (χ0v) is 16.4. The van der Waals surface area contributed by atoms with E-state index in [1.54, 1.807) is 4.91 Å². The summed E-state index contributed by atoms with van der Waals surface area (Å²) < 4.78 is 0.323. The second-order valence-electron chi connectivity index (χ2n) is 6.66. The Bertz CT molecular complexity index is 507. The van der Waals surface area contributed by atoms with Crippen molar-refractivity contribution >= 4 is 10.9 Å². The number of thiol groups is 1. The maximum atomic E-state index is 2.48. The van der Waals surface area contributed by atoms with Gasteiger partial charge in [-0.2, -0.15) is 10.9 Å². The van der Waals surface area contributed by atoms with Crippen LogP contribution in [0.3, 0.4) is 0 Å². The SMILES string of the molecule is C/C=C\C[C@](C)(CC)[SH](/C(=C/C)C(C)C)c1ccc(C)cc1. The minimum absolute atomic E-state index is 0.318. The van der Waals surface area contributed by atoms with Gasteiger partial charge in [0.25, 0.3) is 0 Å². The molecule has 0 radical (unpaired) electrons. The largest absolute Gasteiger partial charge is 0.198 e. The molecule has 0 saturated carbocycles. The molecule has 0 aromatic heterocycles. The van der Waals surface area contributed by atoms with Crippen molar-refractivity contribution in [2.45, 2.75) is 71.0 Å². The lowest BCUT2D eigenvalue weighted by Gasteiger charge is -2.43. The van der Waals surface area contributed by atoms with Gasteiger partial charge >= 0.3 is 0 Å². The van der Waals surface area contributed by atoms with Crippen molar-refractivity contribution in [3.8, 4) is 0 Å². The van der Waals surface area contributed by atoms with E-state index in [-0.39, 0.29) is 10.9 Å². The average molecular weight is 319 g/mol. The minimum Gasteiger partial charge on any atom is -0.198 e. The molecule has 0 nitrogen and oxygen atoms in total. The Morgan fingerprint density at radius 1 is 1.18 bits per heavy atom. The fraction of sp³-hybridized carbons (Fsp3) is 0.524. The van der Waals surface area contributed by atoms with Gasteiger partial charge < -0.3 is 0 Å². The maximum Gasteiger partial charge on any atom is 0.00550 e. The molecule has 2 atom stereocenters. The van der Waals surface area contributed by atoms with Gasteiger partial charge in [-0.3, -0.25) is 0 Å². The molecule has 1 unspecified atom stereocenters. The Hall–Kier alpha value is -0.950. The van der Waals surface area contributed by atoms with Crippen molar-refractivity contribution < 1.29 is 0 Å². The van der Waals surface area contributed by atoms with Gasteiger partial charge in [-0.25, -0.2) is 0 Å². The monoisotopic (exact) mass is 318 g/mol. The maximum absolute atomic E-state index is 2.48. The lowest BCUT2D eigenvalue weighted by Crippen LogP contribution is -2.25. The van der Waals surface area contributed by atoms with Crippen molar-refractivity contribution in [2.75, 3.05) is 0 Å². The molecule has 0 N–H and O–H groups in total. The smallest absolute Gasteiger partial charge is 0.00550 e. The third-order valence-electron chi connectivity index (χ3n) is 4.53. The number of hydrogen-bond donors (Lipinski definition) is 1. The molecule has 0 bridgehead atoms. The first-order valence-corrected chi connectivity index (χ1v) is 9.88. The fourth-order valence-corrected chi connectivity index (χ4v) is 6.32. The highest BCUT2D eigenvalue weighted by molar-refractivity contribution is 8.21. The number of aryl methyl sites for hydroxylation is 1. The molecule has 0 aliphatic heterocycles. The molecular formula is C21H34S. The van der Waals surface area contributed by atoms with Crippen molar-refractivity contribution in [3.05, 3.63) is 53.0 Å². The van der Waals surface area contributed by atoms with Gasteiger partial charge in [-0.05, 0) is 61.5 Å². The first-order chi connectivity index (χ1) is 10.4. The number of allylic oxidation sites excluding steroid dienone is 4. The second kappa shape index (κ2) is 8.62. The summed E-state index contributed by atoms with van der Waals surface area (Å²) >= 11 is 0. The van der Waals surface area contributed by atoms with Crippen molar-refractivity contribution in [1.82, 2.24) is 0 Å². The summed E-state index contributed by atoms with van der Waals surface area (Å²) in [6, 6.07) is 9.25. The van der Waals surface area contributed by atoms with Crippen LogP contribution in [0.2, 0.25) is 0 Å². The standard InChI is InChI=1S/C21H34S/c1-8-11-16-21(7,10-3)22(20(9-2)17(4)5)19-14-12-18(6)13-15-19/h8-9,11-15,17,22H,10,16H2,1-7H3/b11-8-,20-9+/t21-/m0/s1. The molecule has 0 saturated heterocycles. The second-order valence-corrected chi connectivity index (χ2v) is 9.45. The van der Waals surface area contributed by atoms with Gasteiger partial charge in [0.1, 0.15) is 0 Å². The van der Waals surface area contributed by atoms with Crippen LogP contribution in [0, 0.1) is 12.8 Å². The first-order valence-electron chi connectivity index (χ1n) is 8.53. The molecule has 0 aliphatic carbocycles. The Balaban J connectivity index is 3.40. The van der Waals surface area contributed by atoms with Crippen LogP contribution in [0.25, 0.3) is 0 Å². The molecule has 0 spiro atoms. The van der Waals surface area contributed by atoms with Crippen LogP contribution >= 0.6 is 10.9 Å². The van der Waals surface area contributed by atoms with Gasteiger partial charge in [0.15, 0.2) is 0 Å². The van der Waals surface area contributed by atoms with Gasteiger partial charge in [0.2, 0.25) is 0 Å². The molecular weight excluding hydrogens is 284 g/mol. The van der Waals surface area contributed by atoms with E-state index < -0.39 is 0 Å². The van der Waals surface area contributed by atoms with Crippen molar-refractivity contribution in [1.29, 1.82) is 0 Å². The zero-order valence-electron chi connectivity index (χ0n) is 15.5. The highest BCUT2D eigenvalue weighted by Crippen LogP contribution is 2.59. The summed E-state index contributed by atoms with van der Waals surface area (Å²) in [4.78, 5) is 3.16. The zero-order chi connectivity index (χ0) is 16.8. The van der Waals surface area contributed by atoms with Gasteiger partial charge in [0.05, 0.1) is 0 Å². The molecule has 1 aromatic rings. The Morgan fingerprint density at radius 2 is 1.77 bits per heavy atom. The fourth-order valence-electron chi connectivity index (χ4n) is 2.95. The normalized spacial score (nSPS) is 17.8. The molecule has 1 rings (SSSR count). The summed E-state index contributed by atoms with van der Waals surface area (Å²) in [7, 11) is -0.318. The van der Waals surface area contributed by atoms with Crippen LogP contribution in [-0.2, 0) is 0 Å². The van der Waals surface area contributed by atoms with Crippen molar-refractivity contribution in [3.63, 3.8) is 0 Å². The van der Waals surface area contributed by atoms with E-state index in [0.717, 1.165) is 6.42 Å². The van der Waals surface area contributed by atoms with Crippen LogP contribution in [0.4, 0.5) is 0 Å². The molecule has 0 aliphatic rings. The summed E-state index contributed by atoms with van der Waals surface area (Å²) in [6.45, 7) is 16.0. The topological polar surface area (TPSA) is 0 Å². The molecule has 124 valence electrons. The third kappa shape index (κ3) is 4.52. The van der Waals surface area contributed by atoms with E-state index in [9.17, 15) is 0 Å². The molecule has 1 aromatic carbocycles. The summed E-state index contributed by atoms with van der Waals surface area (Å²) in [5.41, 5.74) is 1.34. The van der Waals surface area contributed by atoms with Crippen LogP contribution in [0.1, 0.15) is 59.9 Å². The lowest BCUT2D eigenvalue weighted by molar-refractivity contribution is 0.620. The first kappa shape index (κ1) is 19.1. The van der Waals surface area contributed by atoms with Gasteiger partial charge in [-0.1, -0.05) is 63.6 Å². The molecule has 0 amide bonds. The van der Waals surface area contributed by atoms with Crippen LogP contribution in [0.5, 0.6) is 0 Å². The summed E-state index contributed by atoms with van der Waals surface area (Å²) in [6.07, 6.45) is 9.28. The summed E-state index contributed by atoms with van der Waals surface area (Å²) in [5, 5.41) is 0. The van der Waals surface area contributed by atoms with Crippen LogP contribution < -0.4 is 0 Å². The van der Waals surface area contributed by atoms with E-state index in [1.165, 1.54) is 16.9 Å². The number of rotatable bonds is 7. The lowest BCUT2D eigenvalue weighted by atomic mass is 10.0. The van der Waals surface area contributed by atoms with E-state index in [1.807, 2.05) is 0 Å². The minimum atomic E-state index is -0.318. The molecule has 22 heavy (non-hydrogen) atoms. The highest BCUT2D eigenvalue weighted by atomic mass is 32.2. The van der Waals surface area contributed by atoms with E-state index in [4.69, 9.17) is 0 Å². The molecule has 0 heterocycles. The summed E-state index contributed by atoms with van der Waals surface area (Å²) in [5.74, 6) is 0.605. The van der Waals surface area contributed by atoms with Crippen LogP contribution in [-0.4, -0.2) is 4.75 Å².